The lowest BCUT2D eigenvalue weighted by molar-refractivity contribution is -0.122. The van der Waals surface area contributed by atoms with E-state index in [1.54, 1.807) is 6.92 Å². The van der Waals surface area contributed by atoms with Crippen LogP contribution in [0.4, 0.5) is 0 Å². The van der Waals surface area contributed by atoms with E-state index < -0.39 is 6.04 Å². The number of hydrogen-bond donors (Lipinski definition) is 3. The summed E-state index contributed by atoms with van der Waals surface area (Å²) in [7, 11) is 0. The van der Waals surface area contributed by atoms with Crippen molar-refractivity contribution in [3.63, 3.8) is 0 Å². The first-order valence-electron chi connectivity index (χ1n) is 4.90. The summed E-state index contributed by atoms with van der Waals surface area (Å²) in [6.07, 6.45) is 3.39. The van der Waals surface area contributed by atoms with Crippen LogP contribution in [0.2, 0.25) is 0 Å². The molecule has 84 valence electrons. The Morgan fingerprint density at radius 1 is 1.57 bits per heavy atom. The van der Waals surface area contributed by atoms with Gasteiger partial charge in [-0.2, -0.15) is 0 Å². The molecule has 0 saturated heterocycles. The average molecular weight is 222 g/mol. The summed E-state index contributed by atoms with van der Waals surface area (Å²) < 4.78 is 0. The Labute approximate surface area is 91.2 Å². The van der Waals surface area contributed by atoms with E-state index >= 15 is 0 Å². The lowest BCUT2D eigenvalue weighted by Crippen LogP contribution is -2.42. The number of rotatable bonds is 3. The highest BCUT2D eigenvalue weighted by molar-refractivity contribution is 5.85. The number of carbonyl (C=O) groups excluding carboxylic acids is 1. The van der Waals surface area contributed by atoms with Gasteiger partial charge < -0.3 is 16.8 Å². The first-order chi connectivity index (χ1) is 6.11. The first-order valence-corrected chi connectivity index (χ1v) is 4.90. The van der Waals surface area contributed by atoms with Crippen LogP contribution < -0.4 is 16.8 Å². The molecule has 0 aromatic carbocycles. The van der Waals surface area contributed by atoms with Crippen LogP contribution in [0.1, 0.15) is 26.2 Å². The van der Waals surface area contributed by atoms with Crippen LogP contribution in [0.3, 0.4) is 0 Å². The lowest BCUT2D eigenvalue weighted by atomic mass is 10.0. The minimum atomic E-state index is -0.419. The van der Waals surface area contributed by atoms with E-state index in [9.17, 15) is 4.79 Å². The van der Waals surface area contributed by atoms with Gasteiger partial charge >= 0.3 is 0 Å². The van der Waals surface area contributed by atoms with Gasteiger partial charge in [-0.1, -0.05) is 6.42 Å². The van der Waals surface area contributed by atoms with Crippen LogP contribution in [-0.2, 0) is 4.79 Å². The molecular weight excluding hydrogens is 202 g/mol. The van der Waals surface area contributed by atoms with E-state index in [1.165, 1.54) is 6.42 Å². The normalized spacial score (nSPS) is 27.9. The lowest BCUT2D eigenvalue weighted by Gasteiger charge is -2.16. The topological polar surface area (TPSA) is 81.1 Å². The van der Waals surface area contributed by atoms with Crippen molar-refractivity contribution >= 4 is 18.3 Å². The fourth-order valence-corrected chi connectivity index (χ4v) is 1.71. The molecule has 5 heteroatoms. The van der Waals surface area contributed by atoms with Gasteiger partial charge in [-0.25, -0.2) is 0 Å². The van der Waals surface area contributed by atoms with E-state index in [2.05, 4.69) is 5.32 Å². The molecule has 0 heterocycles. The van der Waals surface area contributed by atoms with Crippen molar-refractivity contribution < 1.29 is 4.79 Å². The van der Waals surface area contributed by atoms with Crippen LogP contribution in [-0.4, -0.2) is 24.5 Å². The molecule has 0 aromatic heterocycles. The Morgan fingerprint density at radius 2 is 2.21 bits per heavy atom. The summed E-state index contributed by atoms with van der Waals surface area (Å²) in [5.41, 5.74) is 11.3. The van der Waals surface area contributed by atoms with Crippen LogP contribution >= 0.6 is 12.4 Å². The molecule has 1 fully saturated rings. The Balaban J connectivity index is 0.00000169. The van der Waals surface area contributed by atoms with Crippen LogP contribution in [0, 0.1) is 5.92 Å². The fraction of sp³-hybridized carbons (Fsp3) is 0.889. The predicted octanol–water partition coefficient (Wildman–Crippen LogP) is -0.001000. The van der Waals surface area contributed by atoms with Gasteiger partial charge in [0.15, 0.2) is 0 Å². The van der Waals surface area contributed by atoms with E-state index in [0.717, 1.165) is 12.8 Å². The second kappa shape index (κ2) is 6.22. The smallest absolute Gasteiger partial charge is 0.236 e. The number of amides is 1. The van der Waals surface area contributed by atoms with Gasteiger partial charge in [-0.05, 0) is 25.7 Å². The summed E-state index contributed by atoms with van der Waals surface area (Å²) in [5, 5.41) is 2.81. The van der Waals surface area contributed by atoms with Gasteiger partial charge in [0.2, 0.25) is 5.91 Å². The monoisotopic (exact) mass is 221 g/mol. The molecule has 14 heavy (non-hydrogen) atoms. The molecule has 5 N–H and O–H groups in total. The van der Waals surface area contributed by atoms with Gasteiger partial charge in [0.05, 0.1) is 6.04 Å². The van der Waals surface area contributed by atoms with Crippen molar-refractivity contribution in [2.45, 2.75) is 38.3 Å². The highest BCUT2D eigenvalue weighted by atomic mass is 35.5. The fourth-order valence-electron chi connectivity index (χ4n) is 1.71. The summed E-state index contributed by atoms with van der Waals surface area (Å²) in [6, 6.07) is -0.161. The average Bonchev–Trinajstić information content (AvgIpc) is 2.47. The minimum Gasteiger partial charge on any atom is -0.354 e. The van der Waals surface area contributed by atoms with E-state index in [0.29, 0.717) is 12.5 Å². The van der Waals surface area contributed by atoms with Crippen LogP contribution in [0.25, 0.3) is 0 Å². The van der Waals surface area contributed by atoms with Crippen molar-refractivity contribution in [3.8, 4) is 0 Å². The summed E-state index contributed by atoms with van der Waals surface area (Å²) in [5.74, 6) is 0.363. The molecular formula is C9H20ClN3O. The third-order valence-corrected chi connectivity index (χ3v) is 2.67. The molecule has 0 aliphatic heterocycles. The van der Waals surface area contributed by atoms with Gasteiger partial charge in [-0.15, -0.1) is 12.4 Å². The first kappa shape index (κ1) is 13.7. The number of halogens is 1. The number of carbonyl (C=O) groups is 1. The highest BCUT2D eigenvalue weighted by Crippen LogP contribution is 2.22. The van der Waals surface area contributed by atoms with Gasteiger partial charge in [-0.3, -0.25) is 4.79 Å². The molecule has 3 atom stereocenters. The van der Waals surface area contributed by atoms with Crippen molar-refractivity contribution in [2.24, 2.45) is 17.4 Å². The van der Waals surface area contributed by atoms with Crippen molar-refractivity contribution in [2.75, 3.05) is 6.54 Å². The molecule has 4 nitrogen and oxygen atoms in total. The predicted molar refractivity (Wildman–Crippen MR) is 59.2 cm³/mol. The molecule has 0 radical (unpaired) electrons. The largest absolute Gasteiger partial charge is 0.354 e. The van der Waals surface area contributed by atoms with Crippen LogP contribution in [0.15, 0.2) is 0 Å². The molecule has 1 rings (SSSR count). The van der Waals surface area contributed by atoms with Crippen molar-refractivity contribution in [3.05, 3.63) is 0 Å². The Bertz CT molecular complexity index is 187. The van der Waals surface area contributed by atoms with Gasteiger partial charge in [0.1, 0.15) is 0 Å². The molecule has 0 aromatic rings. The zero-order chi connectivity index (χ0) is 9.84. The molecule has 3 unspecified atom stereocenters. The zero-order valence-electron chi connectivity index (χ0n) is 8.53. The van der Waals surface area contributed by atoms with Crippen molar-refractivity contribution in [1.29, 1.82) is 0 Å². The minimum absolute atomic E-state index is 0. The van der Waals surface area contributed by atoms with Gasteiger partial charge in [0.25, 0.3) is 0 Å². The zero-order valence-corrected chi connectivity index (χ0v) is 9.35. The summed E-state index contributed by atoms with van der Waals surface area (Å²) in [6.45, 7) is 2.37. The molecule has 1 aliphatic rings. The molecule has 0 spiro atoms. The number of nitrogens with one attached hydrogen (secondary N) is 1. The van der Waals surface area contributed by atoms with Crippen LogP contribution in [0.5, 0.6) is 0 Å². The maximum atomic E-state index is 11.1. The maximum Gasteiger partial charge on any atom is 0.236 e. The number of hydrogen-bond acceptors (Lipinski definition) is 3. The molecule has 1 aliphatic carbocycles. The Morgan fingerprint density at radius 3 is 2.64 bits per heavy atom. The Hall–Kier alpha value is -0.320. The quantitative estimate of drug-likeness (QED) is 0.628. The standard InChI is InChI=1S/C9H19N3O.ClH/c1-6(10)9(13)12-5-7-3-2-4-8(7)11;/h6-8H,2-5,10-11H2,1H3,(H,12,13);1H. The summed E-state index contributed by atoms with van der Waals surface area (Å²) in [4.78, 5) is 11.1. The molecule has 1 saturated carbocycles. The maximum absolute atomic E-state index is 11.1. The second-order valence-corrected chi connectivity index (χ2v) is 3.89. The second-order valence-electron chi connectivity index (χ2n) is 3.89. The number of nitrogens with two attached hydrogens (primary N) is 2. The SMILES string of the molecule is CC(N)C(=O)NCC1CCCC1N.Cl. The van der Waals surface area contributed by atoms with Crippen molar-refractivity contribution in [1.82, 2.24) is 5.32 Å². The summed E-state index contributed by atoms with van der Waals surface area (Å²) >= 11 is 0. The van der Waals surface area contributed by atoms with E-state index in [1.807, 2.05) is 0 Å². The third-order valence-electron chi connectivity index (χ3n) is 2.67. The Kier molecular flexibility index (Phi) is 6.08. The molecule has 0 bridgehead atoms. The van der Waals surface area contributed by atoms with E-state index in [-0.39, 0.29) is 24.4 Å². The van der Waals surface area contributed by atoms with E-state index in [4.69, 9.17) is 11.5 Å². The highest BCUT2D eigenvalue weighted by Gasteiger charge is 2.24. The van der Waals surface area contributed by atoms with Gasteiger partial charge in [0, 0.05) is 12.6 Å². The third kappa shape index (κ3) is 3.82. The molecule has 1 amide bonds.